The fraction of sp³-hybridized carbons (Fsp3) is 0.846. The molecule has 5 fully saturated rings. The molecular formula is C26H37NO7. The predicted molar refractivity (Wildman–Crippen MR) is 120 cm³/mol. The van der Waals surface area contributed by atoms with Crippen molar-refractivity contribution in [2.75, 3.05) is 13.1 Å². The van der Waals surface area contributed by atoms with Crippen LogP contribution < -0.4 is 0 Å². The van der Waals surface area contributed by atoms with Crippen LogP contribution in [0.5, 0.6) is 0 Å². The third kappa shape index (κ3) is 3.38. The fourth-order valence-corrected chi connectivity index (χ4v) is 8.95. The second-order valence-corrected chi connectivity index (χ2v) is 11.8. The van der Waals surface area contributed by atoms with Gasteiger partial charge < -0.3 is 19.1 Å². The van der Waals surface area contributed by atoms with E-state index in [0.29, 0.717) is 25.8 Å². The van der Waals surface area contributed by atoms with E-state index in [2.05, 4.69) is 13.8 Å². The molecule has 0 bridgehead atoms. The summed E-state index contributed by atoms with van der Waals surface area (Å²) < 4.78 is 16.9. The van der Waals surface area contributed by atoms with Crippen LogP contribution in [0.2, 0.25) is 0 Å². The lowest BCUT2D eigenvalue weighted by Crippen LogP contribution is -2.64. The molecule has 0 N–H and O–H groups in total. The van der Waals surface area contributed by atoms with Gasteiger partial charge in [0, 0.05) is 30.3 Å². The molecule has 1 saturated heterocycles. The van der Waals surface area contributed by atoms with Crippen molar-refractivity contribution < 1.29 is 33.4 Å². The highest BCUT2D eigenvalue weighted by Crippen LogP contribution is 2.68. The lowest BCUT2D eigenvalue weighted by Gasteiger charge is -2.63. The molecule has 0 aromatic carbocycles. The second-order valence-electron chi connectivity index (χ2n) is 11.8. The minimum Gasteiger partial charge on any atom is -0.465 e. The van der Waals surface area contributed by atoms with Crippen molar-refractivity contribution in [3.63, 3.8) is 0 Å². The fourth-order valence-electron chi connectivity index (χ4n) is 8.95. The molecule has 5 rings (SSSR count). The Balaban J connectivity index is 1.50. The van der Waals surface area contributed by atoms with E-state index in [0.717, 1.165) is 58.0 Å². The summed E-state index contributed by atoms with van der Waals surface area (Å²) in [7, 11) is 0. The van der Waals surface area contributed by atoms with Gasteiger partial charge in [0.1, 0.15) is 18.3 Å². The Labute approximate surface area is 201 Å². The van der Waals surface area contributed by atoms with Crippen LogP contribution in [0, 0.1) is 40.4 Å². The average Bonchev–Trinajstić information content (AvgIpc) is 3.12. The zero-order chi connectivity index (χ0) is 24.1. The predicted octanol–water partition coefficient (Wildman–Crippen LogP) is 2.72. The van der Waals surface area contributed by atoms with Gasteiger partial charge in [-0.3, -0.25) is 19.2 Å². The minimum atomic E-state index is -0.472. The quantitative estimate of drug-likeness (QED) is 0.412. The first-order valence-electron chi connectivity index (χ1n) is 12.9. The van der Waals surface area contributed by atoms with Crippen molar-refractivity contribution >= 4 is 25.3 Å². The smallest absolute Gasteiger partial charge is 0.293 e. The number of carbonyl (C=O) groups excluding carboxylic acids is 4. The lowest BCUT2D eigenvalue weighted by molar-refractivity contribution is -0.217. The lowest BCUT2D eigenvalue weighted by atomic mass is 9.43. The molecule has 4 saturated carbocycles. The molecule has 1 aliphatic heterocycles. The van der Waals surface area contributed by atoms with Crippen molar-refractivity contribution in [1.82, 2.24) is 4.90 Å². The van der Waals surface area contributed by atoms with Crippen molar-refractivity contribution in [3.8, 4) is 0 Å². The Morgan fingerprint density at radius 3 is 2.26 bits per heavy atom. The van der Waals surface area contributed by atoms with Crippen LogP contribution in [0.1, 0.15) is 65.2 Å². The van der Waals surface area contributed by atoms with E-state index in [1.807, 2.05) is 4.90 Å². The molecule has 34 heavy (non-hydrogen) atoms. The van der Waals surface area contributed by atoms with Gasteiger partial charge in [-0.05, 0) is 74.5 Å². The standard InChI is InChI=1S/C26H37NO7/c1-25-7-6-17(32-13-28)10-16(25)11-21(33-14-29)23-18-4-5-19(24(31)27-8-3-9-27)26(18,2)22(34-15-30)12-20(23)25/h13-23H,3-12H2,1-2H3/t16-,17-,18+,19?,20+,21-,22+,23+,25+,26+/m1/s1. The summed E-state index contributed by atoms with van der Waals surface area (Å²) in [6, 6.07) is 0. The van der Waals surface area contributed by atoms with Crippen LogP contribution in [0.4, 0.5) is 0 Å². The molecular weight excluding hydrogens is 438 g/mol. The SMILES string of the molecule is C[C@]12CC[C@@H](OC=O)C[C@@H]1C[C@@H](OC=O)[C@@H]1[C@@H]2C[C@H](OC=O)[C@]2(C)C(C(=O)N3CCC3)CC[C@@H]12. The van der Waals surface area contributed by atoms with E-state index >= 15 is 0 Å². The maximum atomic E-state index is 13.4. The molecule has 1 heterocycles. The highest BCUT2D eigenvalue weighted by Gasteiger charge is 2.68. The zero-order valence-electron chi connectivity index (χ0n) is 20.2. The summed E-state index contributed by atoms with van der Waals surface area (Å²) in [6.45, 7) is 7.72. The van der Waals surface area contributed by atoms with E-state index in [1.165, 1.54) is 0 Å². The van der Waals surface area contributed by atoms with Crippen molar-refractivity contribution in [3.05, 3.63) is 0 Å². The van der Waals surface area contributed by atoms with Crippen LogP contribution in [-0.4, -0.2) is 61.6 Å². The van der Waals surface area contributed by atoms with Crippen LogP contribution in [0.3, 0.4) is 0 Å². The zero-order valence-corrected chi connectivity index (χ0v) is 20.2. The van der Waals surface area contributed by atoms with Gasteiger partial charge in [0.25, 0.3) is 19.4 Å². The minimum absolute atomic E-state index is 0.0262. The van der Waals surface area contributed by atoms with Gasteiger partial charge in [-0.1, -0.05) is 13.8 Å². The van der Waals surface area contributed by atoms with Crippen molar-refractivity contribution in [2.24, 2.45) is 40.4 Å². The first-order valence-corrected chi connectivity index (χ1v) is 12.9. The van der Waals surface area contributed by atoms with Crippen LogP contribution in [0.15, 0.2) is 0 Å². The molecule has 1 amide bonds. The van der Waals surface area contributed by atoms with Gasteiger partial charge in [0.15, 0.2) is 0 Å². The molecule has 8 nitrogen and oxygen atoms in total. The summed E-state index contributed by atoms with van der Waals surface area (Å²) in [5.41, 5.74) is -0.498. The third-order valence-electron chi connectivity index (χ3n) is 10.8. The molecule has 0 spiro atoms. The Morgan fingerprint density at radius 1 is 0.882 bits per heavy atom. The number of rotatable bonds is 7. The normalized spacial score (nSPS) is 47.2. The van der Waals surface area contributed by atoms with E-state index in [1.54, 1.807) is 0 Å². The van der Waals surface area contributed by atoms with Gasteiger partial charge in [0.05, 0.1) is 0 Å². The first-order chi connectivity index (χ1) is 16.4. The molecule has 5 aliphatic rings. The molecule has 188 valence electrons. The summed E-state index contributed by atoms with van der Waals surface area (Å²) in [5.74, 6) is 0.725. The number of carbonyl (C=O) groups is 4. The molecule has 1 unspecified atom stereocenters. The maximum absolute atomic E-state index is 13.4. The number of nitrogens with zero attached hydrogens (tertiary/aromatic N) is 1. The largest absolute Gasteiger partial charge is 0.465 e. The number of amides is 1. The molecule has 4 aliphatic carbocycles. The summed E-state index contributed by atoms with van der Waals surface area (Å²) in [5, 5.41) is 0. The summed E-state index contributed by atoms with van der Waals surface area (Å²) in [6.07, 6.45) is 5.90. The van der Waals surface area contributed by atoms with E-state index in [-0.39, 0.29) is 59.2 Å². The van der Waals surface area contributed by atoms with Crippen LogP contribution in [-0.2, 0) is 33.4 Å². The first kappa shape index (κ1) is 23.6. The number of hydrogen-bond donors (Lipinski definition) is 0. The Morgan fingerprint density at radius 2 is 1.62 bits per heavy atom. The Kier molecular flexibility index (Phi) is 6.13. The monoisotopic (exact) mass is 475 g/mol. The summed E-state index contributed by atoms with van der Waals surface area (Å²) >= 11 is 0. The van der Waals surface area contributed by atoms with E-state index < -0.39 is 5.41 Å². The number of hydrogen-bond acceptors (Lipinski definition) is 7. The highest BCUT2D eigenvalue weighted by atomic mass is 16.5. The van der Waals surface area contributed by atoms with Gasteiger partial charge in [-0.25, -0.2) is 0 Å². The Hall–Kier alpha value is -2.12. The third-order valence-corrected chi connectivity index (χ3v) is 10.8. The average molecular weight is 476 g/mol. The van der Waals surface area contributed by atoms with Crippen LogP contribution in [0.25, 0.3) is 0 Å². The number of ether oxygens (including phenoxy) is 3. The second kappa shape index (κ2) is 8.83. The van der Waals surface area contributed by atoms with Crippen LogP contribution >= 0.6 is 0 Å². The van der Waals surface area contributed by atoms with Gasteiger partial charge in [-0.15, -0.1) is 0 Å². The molecule has 0 aromatic heterocycles. The van der Waals surface area contributed by atoms with Crippen molar-refractivity contribution in [1.29, 1.82) is 0 Å². The maximum Gasteiger partial charge on any atom is 0.293 e. The summed E-state index contributed by atoms with van der Waals surface area (Å²) in [4.78, 5) is 49.6. The highest BCUT2D eigenvalue weighted by molar-refractivity contribution is 5.81. The topological polar surface area (TPSA) is 99.2 Å². The van der Waals surface area contributed by atoms with Gasteiger partial charge in [0.2, 0.25) is 5.91 Å². The Bertz CT molecular complexity index is 830. The van der Waals surface area contributed by atoms with E-state index in [4.69, 9.17) is 14.2 Å². The molecule has 0 aromatic rings. The van der Waals surface area contributed by atoms with Gasteiger partial charge in [-0.2, -0.15) is 0 Å². The van der Waals surface area contributed by atoms with Crippen molar-refractivity contribution in [2.45, 2.75) is 83.5 Å². The molecule has 10 atom stereocenters. The molecule has 0 radical (unpaired) electrons. The van der Waals surface area contributed by atoms with E-state index in [9.17, 15) is 19.2 Å². The molecule has 8 heteroatoms. The number of fused-ring (bicyclic) bond motifs is 5. The van der Waals surface area contributed by atoms with Gasteiger partial charge >= 0.3 is 0 Å². The number of likely N-dealkylation sites (tertiary alicyclic amines) is 1.